The number of ether oxygens (including phenoxy) is 1. The number of carbonyl (C=O) groups is 2. The molecule has 0 bridgehead atoms. The van der Waals surface area contributed by atoms with E-state index in [0.717, 1.165) is 16.3 Å². The zero-order chi connectivity index (χ0) is 17.8. The normalized spacial score (nSPS) is 10.3. The second-order valence-electron chi connectivity index (χ2n) is 5.37. The number of hydrogen-bond acceptors (Lipinski definition) is 5. The number of methoxy groups -OCH3 is 1. The second-order valence-corrected chi connectivity index (χ2v) is 6.22. The van der Waals surface area contributed by atoms with Gasteiger partial charge in [-0.15, -0.1) is 11.3 Å². The maximum Gasteiger partial charge on any atom is 0.339 e. The lowest BCUT2D eigenvalue weighted by molar-refractivity contribution is 0.0602. The Morgan fingerprint density at radius 3 is 2.64 bits per heavy atom. The molecule has 2 aromatic carbocycles. The summed E-state index contributed by atoms with van der Waals surface area (Å²) < 4.78 is 4.75. The molecule has 1 N–H and O–H groups in total. The number of rotatable bonds is 4. The Kier molecular flexibility index (Phi) is 4.90. The second kappa shape index (κ2) is 7.27. The number of para-hydroxylation sites is 1. The van der Waals surface area contributed by atoms with E-state index in [-0.39, 0.29) is 5.91 Å². The number of benzene rings is 2. The highest BCUT2D eigenvalue weighted by molar-refractivity contribution is 7.13. The largest absolute Gasteiger partial charge is 0.465 e. The highest BCUT2D eigenvalue weighted by Gasteiger charge is 2.15. The first-order valence-corrected chi connectivity index (χ1v) is 8.47. The highest BCUT2D eigenvalue weighted by Crippen LogP contribution is 2.25. The van der Waals surface area contributed by atoms with Gasteiger partial charge in [0.2, 0.25) is 0 Å². The molecule has 0 saturated carbocycles. The van der Waals surface area contributed by atoms with Crippen molar-refractivity contribution in [1.29, 1.82) is 0 Å². The Balaban J connectivity index is 1.86. The first-order chi connectivity index (χ1) is 12.1. The fourth-order valence-corrected chi connectivity index (χ4v) is 3.15. The summed E-state index contributed by atoms with van der Waals surface area (Å²) >= 11 is 1.53. The lowest BCUT2D eigenvalue weighted by Gasteiger charge is -2.10. The van der Waals surface area contributed by atoms with Crippen molar-refractivity contribution in [2.24, 2.45) is 0 Å². The maximum absolute atomic E-state index is 12.6. The van der Waals surface area contributed by atoms with Crippen molar-refractivity contribution >= 4 is 28.9 Å². The van der Waals surface area contributed by atoms with E-state index in [0.29, 0.717) is 16.8 Å². The van der Waals surface area contributed by atoms with Crippen LogP contribution in [-0.4, -0.2) is 24.0 Å². The number of amides is 1. The molecular formula is C19H16N2O3S. The Hall–Kier alpha value is -2.99. The van der Waals surface area contributed by atoms with Gasteiger partial charge in [-0.25, -0.2) is 9.78 Å². The summed E-state index contributed by atoms with van der Waals surface area (Å²) in [6, 6.07) is 14.0. The zero-order valence-electron chi connectivity index (χ0n) is 13.8. The molecule has 0 spiro atoms. The summed E-state index contributed by atoms with van der Waals surface area (Å²) in [6.45, 7) is 1.93. The third-order valence-corrected chi connectivity index (χ3v) is 4.58. The zero-order valence-corrected chi connectivity index (χ0v) is 14.6. The number of esters is 1. The number of nitrogens with zero attached hydrogens (tertiary/aromatic N) is 1. The molecule has 0 fully saturated rings. The van der Waals surface area contributed by atoms with Gasteiger partial charge >= 0.3 is 5.97 Å². The van der Waals surface area contributed by atoms with Crippen LogP contribution in [0.2, 0.25) is 0 Å². The highest BCUT2D eigenvalue weighted by atomic mass is 32.1. The van der Waals surface area contributed by atoms with Crippen LogP contribution in [0.25, 0.3) is 10.6 Å². The van der Waals surface area contributed by atoms with Crippen LogP contribution in [0.15, 0.2) is 53.9 Å². The van der Waals surface area contributed by atoms with Gasteiger partial charge in [-0.05, 0) is 31.2 Å². The number of carbonyl (C=O) groups excluding carboxylic acids is 2. The van der Waals surface area contributed by atoms with Gasteiger partial charge in [0.1, 0.15) is 5.01 Å². The monoisotopic (exact) mass is 352 g/mol. The van der Waals surface area contributed by atoms with E-state index in [1.807, 2.05) is 24.4 Å². The summed E-state index contributed by atoms with van der Waals surface area (Å²) in [5.74, 6) is -0.797. The van der Waals surface area contributed by atoms with Crippen molar-refractivity contribution in [3.05, 3.63) is 70.7 Å². The van der Waals surface area contributed by atoms with E-state index in [1.165, 1.54) is 18.4 Å². The molecule has 0 saturated heterocycles. The molecule has 6 heteroatoms. The van der Waals surface area contributed by atoms with Crippen molar-refractivity contribution in [3.63, 3.8) is 0 Å². The number of thiazole rings is 1. The molecule has 3 rings (SSSR count). The molecule has 0 radical (unpaired) electrons. The van der Waals surface area contributed by atoms with Gasteiger partial charge < -0.3 is 10.1 Å². The average molecular weight is 352 g/mol. The van der Waals surface area contributed by atoms with Crippen LogP contribution in [0.3, 0.4) is 0 Å². The third-order valence-electron chi connectivity index (χ3n) is 3.57. The van der Waals surface area contributed by atoms with Crippen molar-refractivity contribution in [2.45, 2.75) is 6.92 Å². The minimum Gasteiger partial charge on any atom is -0.465 e. The number of aromatic nitrogens is 1. The molecule has 0 unspecified atom stereocenters. The topological polar surface area (TPSA) is 68.3 Å². The Labute approximate surface area is 149 Å². The number of hydrogen-bond donors (Lipinski definition) is 1. The molecule has 0 aliphatic carbocycles. The Morgan fingerprint density at radius 2 is 1.92 bits per heavy atom. The van der Waals surface area contributed by atoms with E-state index >= 15 is 0 Å². The van der Waals surface area contributed by atoms with Crippen LogP contribution in [0, 0.1) is 6.92 Å². The summed E-state index contributed by atoms with van der Waals surface area (Å²) in [4.78, 5) is 28.8. The smallest absolute Gasteiger partial charge is 0.339 e. The van der Waals surface area contributed by atoms with Crippen LogP contribution < -0.4 is 5.32 Å². The SMILES string of the molecule is COC(=O)c1ccccc1NC(=O)c1cccc(-c2nc(C)cs2)c1. The first kappa shape index (κ1) is 16.9. The summed E-state index contributed by atoms with van der Waals surface area (Å²) in [6.07, 6.45) is 0. The van der Waals surface area contributed by atoms with E-state index in [4.69, 9.17) is 4.74 Å². The van der Waals surface area contributed by atoms with Crippen LogP contribution in [-0.2, 0) is 4.74 Å². The fraction of sp³-hybridized carbons (Fsp3) is 0.105. The van der Waals surface area contributed by atoms with Crippen molar-refractivity contribution in [3.8, 4) is 10.6 Å². The third kappa shape index (κ3) is 3.75. The number of nitrogens with one attached hydrogen (secondary N) is 1. The molecular weight excluding hydrogens is 336 g/mol. The lowest BCUT2D eigenvalue weighted by atomic mass is 10.1. The molecule has 5 nitrogen and oxygen atoms in total. The van der Waals surface area contributed by atoms with Crippen LogP contribution >= 0.6 is 11.3 Å². The predicted molar refractivity (Wildman–Crippen MR) is 98.0 cm³/mol. The van der Waals surface area contributed by atoms with Gasteiger partial charge in [-0.2, -0.15) is 0 Å². The molecule has 1 amide bonds. The van der Waals surface area contributed by atoms with E-state index < -0.39 is 5.97 Å². The van der Waals surface area contributed by atoms with Crippen molar-refractivity contribution in [2.75, 3.05) is 12.4 Å². The van der Waals surface area contributed by atoms with Crippen LogP contribution in [0.4, 0.5) is 5.69 Å². The standard InChI is InChI=1S/C19H16N2O3S/c1-12-11-25-18(20-12)14-7-5-6-13(10-14)17(22)21-16-9-4-3-8-15(16)19(23)24-2/h3-11H,1-2H3,(H,21,22). The molecule has 3 aromatic rings. The number of anilines is 1. The van der Waals surface area contributed by atoms with E-state index in [2.05, 4.69) is 10.3 Å². The maximum atomic E-state index is 12.6. The van der Waals surface area contributed by atoms with Gasteiger partial charge in [-0.1, -0.05) is 24.3 Å². The Morgan fingerprint density at radius 1 is 1.12 bits per heavy atom. The Bertz CT molecular complexity index is 934. The molecule has 126 valence electrons. The molecule has 0 aliphatic rings. The molecule has 1 aromatic heterocycles. The summed E-state index contributed by atoms with van der Waals surface area (Å²) in [5, 5.41) is 5.60. The minimum absolute atomic E-state index is 0.300. The van der Waals surface area contributed by atoms with Crippen LogP contribution in [0.5, 0.6) is 0 Å². The van der Waals surface area contributed by atoms with Crippen LogP contribution in [0.1, 0.15) is 26.4 Å². The van der Waals surface area contributed by atoms with E-state index in [1.54, 1.807) is 36.4 Å². The van der Waals surface area contributed by atoms with E-state index in [9.17, 15) is 9.59 Å². The molecule has 1 heterocycles. The predicted octanol–water partition coefficient (Wildman–Crippen LogP) is 4.16. The average Bonchev–Trinajstić information content (AvgIpc) is 3.08. The molecule has 0 aliphatic heterocycles. The first-order valence-electron chi connectivity index (χ1n) is 7.60. The van der Waals surface area contributed by atoms with Gasteiger partial charge in [0, 0.05) is 22.2 Å². The fourth-order valence-electron chi connectivity index (χ4n) is 2.35. The van der Waals surface area contributed by atoms with Crippen molar-refractivity contribution < 1.29 is 14.3 Å². The van der Waals surface area contributed by atoms with Gasteiger partial charge in [0.15, 0.2) is 0 Å². The molecule has 25 heavy (non-hydrogen) atoms. The van der Waals surface area contributed by atoms with Gasteiger partial charge in [-0.3, -0.25) is 4.79 Å². The molecule has 0 atom stereocenters. The number of aryl methyl sites for hydroxylation is 1. The van der Waals surface area contributed by atoms with Crippen molar-refractivity contribution in [1.82, 2.24) is 4.98 Å². The summed E-state index contributed by atoms with van der Waals surface area (Å²) in [7, 11) is 1.31. The summed E-state index contributed by atoms with van der Waals surface area (Å²) in [5.41, 5.74) is 3.04. The van der Waals surface area contributed by atoms with Gasteiger partial charge in [0.25, 0.3) is 5.91 Å². The lowest BCUT2D eigenvalue weighted by Crippen LogP contribution is -2.15. The quantitative estimate of drug-likeness (QED) is 0.716. The van der Waals surface area contributed by atoms with Gasteiger partial charge in [0.05, 0.1) is 18.4 Å². The minimum atomic E-state index is -0.497.